The van der Waals surface area contributed by atoms with Gasteiger partial charge in [-0.05, 0) is 42.7 Å². The molecule has 0 saturated heterocycles. The number of methoxy groups -OCH3 is 1. The van der Waals surface area contributed by atoms with Gasteiger partial charge in [0.1, 0.15) is 5.69 Å². The molecule has 4 N–H and O–H groups in total. The van der Waals surface area contributed by atoms with Crippen molar-refractivity contribution in [3.63, 3.8) is 0 Å². The fraction of sp³-hybridized carbons (Fsp3) is 0.333. The molecular formula is C18H24N4O4S. The highest BCUT2D eigenvalue weighted by molar-refractivity contribution is 7.89. The maximum Gasteiger partial charge on any atom is 0.269 e. The summed E-state index contributed by atoms with van der Waals surface area (Å²) < 4.78 is 27.4. The Balaban J connectivity index is 1.78. The van der Waals surface area contributed by atoms with Crippen LogP contribution in [-0.2, 0) is 21.2 Å². The molecule has 8 nitrogen and oxygen atoms in total. The molecule has 0 radical (unpaired) electrons. The van der Waals surface area contributed by atoms with Crippen molar-refractivity contribution in [2.75, 3.05) is 32.1 Å². The molecular weight excluding hydrogens is 368 g/mol. The third-order valence-corrected chi connectivity index (χ3v) is 4.73. The first-order valence-corrected chi connectivity index (χ1v) is 10.0. The van der Waals surface area contributed by atoms with Crippen molar-refractivity contribution in [3.05, 3.63) is 53.9 Å². The number of benzene rings is 1. The van der Waals surface area contributed by atoms with Crippen LogP contribution < -0.4 is 15.8 Å². The van der Waals surface area contributed by atoms with Crippen LogP contribution in [0.25, 0.3) is 0 Å². The number of carbonyl (C=O) groups is 1. The molecule has 0 bridgehead atoms. The predicted molar refractivity (Wildman–Crippen MR) is 103 cm³/mol. The molecule has 0 fully saturated rings. The Morgan fingerprint density at radius 1 is 1.15 bits per heavy atom. The standard InChI is InChI=1S/C18H24N4O4S/c1-26-12-2-10-20-15-5-8-17(22-13-15)18(23)21-11-9-14-3-6-16(7-4-14)27(19,24)25/h3-8,13,20H,2,9-12H2,1H3,(H,21,23)(H2,19,24,25). The van der Waals surface area contributed by atoms with Crippen molar-refractivity contribution in [2.45, 2.75) is 17.7 Å². The van der Waals surface area contributed by atoms with Crippen molar-refractivity contribution in [1.82, 2.24) is 10.3 Å². The summed E-state index contributed by atoms with van der Waals surface area (Å²) in [6.45, 7) is 1.86. The van der Waals surface area contributed by atoms with Gasteiger partial charge < -0.3 is 15.4 Å². The largest absolute Gasteiger partial charge is 0.385 e. The van der Waals surface area contributed by atoms with Crippen LogP contribution in [0.4, 0.5) is 5.69 Å². The highest BCUT2D eigenvalue weighted by Crippen LogP contribution is 2.09. The summed E-state index contributed by atoms with van der Waals surface area (Å²) in [5, 5.41) is 11.1. The summed E-state index contributed by atoms with van der Waals surface area (Å²) in [6.07, 6.45) is 3.07. The summed E-state index contributed by atoms with van der Waals surface area (Å²) in [6, 6.07) is 9.72. The average Bonchev–Trinajstić information content (AvgIpc) is 2.65. The Morgan fingerprint density at radius 2 is 1.89 bits per heavy atom. The van der Waals surface area contributed by atoms with E-state index in [0.717, 1.165) is 24.2 Å². The Bertz CT molecular complexity index is 837. The summed E-state index contributed by atoms with van der Waals surface area (Å²) in [4.78, 5) is 16.3. The molecule has 0 unspecified atom stereocenters. The molecule has 146 valence electrons. The third kappa shape index (κ3) is 6.97. The second-order valence-corrected chi connectivity index (χ2v) is 7.46. The van der Waals surface area contributed by atoms with E-state index in [1.165, 1.54) is 12.1 Å². The normalized spacial score (nSPS) is 11.2. The number of hydrogen-bond acceptors (Lipinski definition) is 6. The summed E-state index contributed by atoms with van der Waals surface area (Å²) in [5.41, 5.74) is 2.07. The zero-order valence-corrected chi connectivity index (χ0v) is 16.0. The molecule has 0 aliphatic heterocycles. The number of hydrogen-bond donors (Lipinski definition) is 3. The van der Waals surface area contributed by atoms with E-state index in [1.807, 2.05) is 0 Å². The smallest absolute Gasteiger partial charge is 0.269 e. The van der Waals surface area contributed by atoms with Crippen LogP contribution in [0.5, 0.6) is 0 Å². The Kier molecular flexibility index (Phi) is 7.71. The van der Waals surface area contributed by atoms with Gasteiger partial charge in [0.15, 0.2) is 0 Å². The quantitative estimate of drug-likeness (QED) is 0.521. The van der Waals surface area contributed by atoms with Crippen LogP contribution in [0, 0.1) is 0 Å². The van der Waals surface area contributed by atoms with Crippen LogP contribution in [-0.4, -0.2) is 46.1 Å². The highest BCUT2D eigenvalue weighted by Gasteiger charge is 2.08. The molecule has 0 saturated carbocycles. The van der Waals surface area contributed by atoms with Gasteiger partial charge in [-0.3, -0.25) is 4.79 Å². The minimum atomic E-state index is -3.69. The van der Waals surface area contributed by atoms with Gasteiger partial charge in [0, 0.05) is 26.8 Å². The number of anilines is 1. The van der Waals surface area contributed by atoms with Crippen LogP contribution >= 0.6 is 0 Å². The van der Waals surface area contributed by atoms with E-state index >= 15 is 0 Å². The molecule has 1 aromatic carbocycles. The Labute approximate surface area is 159 Å². The SMILES string of the molecule is COCCCNc1ccc(C(=O)NCCc2ccc(S(N)(=O)=O)cc2)nc1. The van der Waals surface area contributed by atoms with E-state index in [2.05, 4.69) is 15.6 Å². The zero-order chi connectivity index (χ0) is 19.7. The minimum absolute atomic E-state index is 0.0652. The number of pyridine rings is 1. The third-order valence-electron chi connectivity index (χ3n) is 3.80. The van der Waals surface area contributed by atoms with Gasteiger partial charge in [0.05, 0.1) is 16.8 Å². The molecule has 1 amide bonds. The monoisotopic (exact) mass is 392 g/mol. The van der Waals surface area contributed by atoms with Crippen molar-refractivity contribution >= 4 is 21.6 Å². The summed E-state index contributed by atoms with van der Waals surface area (Å²) >= 11 is 0. The number of amides is 1. The molecule has 2 aromatic rings. The van der Waals surface area contributed by atoms with Crippen LogP contribution in [0.15, 0.2) is 47.5 Å². The summed E-state index contributed by atoms with van der Waals surface area (Å²) in [5.74, 6) is -0.262. The topological polar surface area (TPSA) is 123 Å². The molecule has 0 atom stereocenters. The second-order valence-electron chi connectivity index (χ2n) is 5.90. The fourth-order valence-electron chi connectivity index (χ4n) is 2.34. The summed E-state index contributed by atoms with van der Waals surface area (Å²) in [7, 11) is -2.03. The molecule has 27 heavy (non-hydrogen) atoms. The van der Waals surface area contributed by atoms with E-state index < -0.39 is 10.0 Å². The fourth-order valence-corrected chi connectivity index (χ4v) is 2.85. The van der Waals surface area contributed by atoms with Crippen molar-refractivity contribution < 1.29 is 17.9 Å². The molecule has 2 rings (SSSR count). The lowest BCUT2D eigenvalue weighted by atomic mass is 10.1. The van der Waals surface area contributed by atoms with Crippen molar-refractivity contribution in [1.29, 1.82) is 0 Å². The minimum Gasteiger partial charge on any atom is -0.385 e. The molecule has 0 aliphatic rings. The molecule has 9 heteroatoms. The van der Waals surface area contributed by atoms with Gasteiger partial charge in [0.25, 0.3) is 5.91 Å². The Hall–Kier alpha value is -2.49. The first kappa shape index (κ1) is 20.8. The van der Waals surface area contributed by atoms with Crippen molar-refractivity contribution in [3.8, 4) is 0 Å². The van der Waals surface area contributed by atoms with Gasteiger partial charge >= 0.3 is 0 Å². The molecule has 1 aromatic heterocycles. The second kappa shape index (κ2) is 10.0. The lowest BCUT2D eigenvalue weighted by molar-refractivity contribution is 0.0949. The lowest BCUT2D eigenvalue weighted by Crippen LogP contribution is -2.26. The van der Waals surface area contributed by atoms with E-state index in [1.54, 1.807) is 37.6 Å². The number of nitrogens with two attached hydrogens (primary N) is 1. The van der Waals surface area contributed by atoms with Crippen LogP contribution in [0.3, 0.4) is 0 Å². The number of rotatable bonds is 10. The zero-order valence-electron chi connectivity index (χ0n) is 15.1. The number of primary sulfonamides is 1. The van der Waals surface area contributed by atoms with Gasteiger partial charge in [-0.2, -0.15) is 0 Å². The number of sulfonamides is 1. The molecule has 0 spiro atoms. The number of nitrogens with zero attached hydrogens (tertiary/aromatic N) is 1. The van der Waals surface area contributed by atoms with E-state index in [-0.39, 0.29) is 10.8 Å². The first-order chi connectivity index (χ1) is 12.9. The first-order valence-electron chi connectivity index (χ1n) is 8.49. The van der Waals surface area contributed by atoms with E-state index in [0.29, 0.717) is 25.3 Å². The van der Waals surface area contributed by atoms with Gasteiger partial charge in [-0.25, -0.2) is 18.5 Å². The Morgan fingerprint density at radius 3 is 2.48 bits per heavy atom. The van der Waals surface area contributed by atoms with Gasteiger partial charge in [-0.1, -0.05) is 12.1 Å². The van der Waals surface area contributed by atoms with E-state index in [9.17, 15) is 13.2 Å². The maximum absolute atomic E-state index is 12.1. The van der Waals surface area contributed by atoms with Crippen LogP contribution in [0.1, 0.15) is 22.5 Å². The predicted octanol–water partition coefficient (Wildman–Crippen LogP) is 1.15. The molecule has 1 heterocycles. The van der Waals surface area contributed by atoms with E-state index in [4.69, 9.17) is 9.88 Å². The average molecular weight is 392 g/mol. The van der Waals surface area contributed by atoms with Gasteiger partial charge in [-0.15, -0.1) is 0 Å². The number of ether oxygens (including phenoxy) is 1. The maximum atomic E-state index is 12.1. The lowest BCUT2D eigenvalue weighted by Gasteiger charge is -2.08. The van der Waals surface area contributed by atoms with Crippen LogP contribution in [0.2, 0.25) is 0 Å². The van der Waals surface area contributed by atoms with Gasteiger partial charge in [0.2, 0.25) is 10.0 Å². The van der Waals surface area contributed by atoms with Crippen molar-refractivity contribution in [2.24, 2.45) is 5.14 Å². The highest BCUT2D eigenvalue weighted by atomic mass is 32.2. The number of carbonyl (C=O) groups excluding carboxylic acids is 1. The molecule has 0 aliphatic carbocycles. The number of aromatic nitrogens is 1. The number of nitrogens with one attached hydrogen (secondary N) is 2.